The average molecular weight is 212 g/mol. The highest BCUT2D eigenvalue weighted by atomic mass is 16.3. The molecule has 2 aromatic rings. The number of furan rings is 1. The van der Waals surface area contributed by atoms with Crippen LogP contribution in [0.4, 0.5) is 0 Å². The van der Waals surface area contributed by atoms with E-state index in [4.69, 9.17) is 4.42 Å². The van der Waals surface area contributed by atoms with Gasteiger partial charge >= 0.3 is 0 Å². The minimum atomic E-state index is 0.613. The molecule has 0 bridgehead atoms. The van der Waals surface area contributed by atoms with Gasteiger partial charge in [-0.25, -0.2) is 0 Å². The van der Waals surface area contributed by atoms with E-state index in [9.17, 15) is 0 Å². The van der Waals surface area contributed by atoms with Gasteiger partial charge in [-0.05, 0) is 42.0 Å². The molecule has 0 radical (unpaired) electrons. The van der Waals surface area contributed by atoms with Crippen molar-refractivity contribution in [2.75, 3.05) is 0 Å². The number of rotatable bonds is 3. The molecule has 0 amide bonds. The molecule has 2 unspecified atom stereocenters. The third kappa shape index (κ3) is 1.67. The number of hydrogen-bond donors (Lipinski definition) is 0. The first-order valence-electron chi connectivity index (χ1n) is 6.00. The van der Waals surface area contributed by atoms with Crippen LogP contribution in [0.25, 0.3) is 0 Å². The summed E-state index contributed by atoms with van der Waals surface area (Å²) in [6, 6.07) is 13.1. The van der Waals surface area contributed by atoms with E-state index in [1.807, 2.05) is 6.07 Å². The Morgan fingerprint density at radius 3 is 2.56 bits per heavy atom. The molecule has 1 heteroatoms. The minimum absolute atomic E-state index is 0.613. The lowest BCUT2D eigenvalue weighted by Gasteiger charge is -2.01. The monoisotopic (exact) mass is 212 g/mol. The molecule has 0 spiro atoms. The topological polar surface area (TPSA) is 13.1 Å². The van der Waals surface area contributed by atoms with Gasteiger partial charge < -0.3 is 4.42 Å². The van der Waals surface area contributed by atoms with E-state index in [-0.39, 0.29) is 0 Å². The molecule has 0 saturated heterocycles. The Bertz CT molecular complexity index is 453. The van der Waals surface area contributed by atoms with Gasteiger partial charge in [0.2, 0.25) is 0 Å². The second-order valence-corrected chi connectivity index (χ2v) is 4.56. The summed E-state index contributed by atoms with van der Waals surface area (Å²) in [5.41, 5.74) is 2.87. The highest BCUT2D eigenvalue weighted by Gasteiger charge is 2.41. The standard InChI is InChI=1S/C15H16O/c1-2-11-5-7-12(8-6-11)13-10-14(13)15-4-3-9-16-15/h3-9,13-14H,2,10H2,1H3. The van der Waals surface area contributed by atoms with Crippen LogP contribution in [0.5, 0.6) is 0 Å². The summed E-state index contributed by atoms with van der Waals surface area (Å²) in [5.74, 6) is 2.43. The van der Waals surface area contributed by atoms with E-state index in [0.717, 1.165) is 12.2 Å². The van der Waals surface area contributed by atoms with E-state index in [1.54, 1.807) is 6.26 Å². The van der Waals surface area contributed by atoms with E-state index < -0.39 is 0 Å². The molecule has 0 aliphatic heterocycles. The van der Waals surface area contributed by atoms with Crippen molar-refractivity contribution in [1.29, 1.82) is 0 Å². The maximum absolute atomic E-state index is 5.45. The van der Waals surface area contributed by atoms with Crippen LogP contribution in [0.15, 0.2) is 47.1 Å². The minimum Gasteiger partial charge on any atom is -0.469 e. The summed E-state index contributed by atoms with van der Waals surface area (Å²) in [6.07, 6.45) is 4.12. The van der Waals surface area contributed by atoms with Crippen LogP contribution in [0.3, 0.4) is 0 Å². The SMILES string of the molecule is CCc1ccc(C2CC2c2ccco2)cc1. The predicted molar refractivity (Wildman–Crippen MR) is 64.6 cm³/mol. The molecule has 1 aromatic heterocycles. The van der Waals surface area contributed by atoms with Gasteiger partial charge in [0.15, 0.2) is 0 Å². The Morgan fingerprint density at radius 1 is 1.12 bits per heavy atom. The molecule has 2 atom stereocenters. The predicted octanol–water partition coefficient (Wildman–Crippen LogP) is 4.11. The lowest BCUT2D eigenvalue weighted by molar-refractivity contribution is 0.509. The molecule has 1 aliphatic rings. The van der Waals surface area contributed by atoms with E-state index >= 15 is 0 Å². The molecular formula is C15H16O. The van der Waals surface area contributed by atoms with Crippen molar-refractivity contribution in [1.82, 2.24) is 0 Å². The van der Waals surface area contributed by atoms with Crippen LogP contribution >= 0.6 is 0 Å². The van der Waals surface area contributed by atoms with Gasteiger partial charge in [0.1, 0.15) is 5.76 Å². The first kappa shape index (κ1) is 9.71. The number of benzene rings is 1. The molecule has 1 fully saturated rings. The van der Waals surface area contributed by atoms with Gasteiger partial charge in [-0.3, -0.25) is 0 Å². The lowest BCUT2D eigenvalue weighted by Crippen LogP contribution is -1.84. The van der Waals surface area contributed by atoms with Crippen molar-refractivity contribution in [3.63, 3.8) is 0 Å². The van der Waals surface area contributed by atoms with E-state index in [2.05, 4.69) is 37.3 Å². The van der Waals surface area contributed by atoms with Crippen LogP contribution in [-0.4, -0.2) is 0 Å². The van der Waals surface area contributed by atoms with Crippen molar-refractivity contribution in [3.05, 3.63) is 59.5 Å². The van der Waals surface area contributed by atoms with Crippen molar-refractivity contribution >= 4 is 0 Å². The van der Waals surface area contributed by atoms with Crippen molar-refractivity contribution in [3.8, 4) is 0 Å². The fourth-order valence-electron chi connectivity index (χ4n) is 2.38. The Hall–Kier alpha value is -1.50. The molecule has 16 heavy (non-hydrogen) atoms. The van der Waals surface area contributed by atoms with Crippen LogP contribution in [0.1, 0.15) is 42.1 Å². The lowest BCUT2D eigenvalue weighted by atomic mass is 10.1. The number of hydrogen-bond acceptors (Lipinski definition) is 1. The molecular weight excluding hydrogens is 196 g/mol. The van der Waals surface area contributed by atoms with Crippen molar-refractivity contribution < 1.29 is 4.42 Å². The smallest absolute Gasteiger partial charge is 0.107 e. The maximum atomic E-state index is 5.45. The third-order valence-electron chi connectivity index (χ3n) is 3.52. The fraction of sp³-hybridized carbons (Fsp3) is 0.333. The Labute approximate surface area is 96.1 Å². The normalized spacial score (nSPS) is 23.3. The summed E-state index contributed by atoms with van der Waals surface area (Å²) < 4.78 is 5.45. The molecule has 1 aliphatic carbocycles. The Balaban J connectivity index is 1.76. The molecule has 1 aromatic carbocycles. The zero-order valence-corrected chi connectivity index (χ0v) is 9.52. The van der Waals surface area contributed by atoms with Crippen LogP contribution in [-0.2, 0) is 6.42 Å². The van der Waals surface area contributed by atoms with Crippen LogP contribution in [0.2, 0.25) is 0 Å². The summed E-state index contributed by atoms with van der Waals surface area (Å²) in [5, 5.41) is 0. The van der Waals surface area contributed by atoms with Crippen LogP contribution < -0.4 is 0 Å². The summed E-state index contributed by atoms with van der Waals surface area (Å²) in [4.78, 5) is 0. The molecule has 82 valence electrons. The highest BCUT2D eigenvalue weighted by Crippen LogP contribution is 2.54. The van der Waals surface area contributed by atoms with Crippen molar-refractivity contribution in [2.24, 2.45) is 0 Å². The quantitative estimate of drug-likeness (QED) is 0.746. The van der Waals surface area contributed by atoms with Crippen LogP contribution in [0, 0.1) is 0 Å². The molecule has 1 nitrogen and oxygen atoms in total. The Kier molecular flexibility index (Phi) is 2.32. The van der Waals surface area contributed by atoms with Gasteiger partial charge in [0, 0.05) is 5.92 Å². The van der Waals surface area contributed by atoms with Gasteiger partial charge in [-0.15, -0.1) is 0 Å². The first-order chi connectivity index (χ1) is 7.88. The first-order valence-corrected chi connectivity index (χ1v) is 6.00. The summed E-state index contributed by atoms with van der Waals surface area (Å²) >= 11 is 0. The average Bonchev–Trinajstić information content (AvgIpc) is 2.95. The summed E-state index contributed by atoms with van der Waals surface area (Å²) in [7, 11) is 0. The molecule has 1 heterocycles. The van der Waals surface area contributed by atoms with Gasteiger partial charge in [-0.1, -0.05) is 31.2 Å². The zero-order valence-electron chi connectivity index (χ0n) is 9.52. The summed E-state index contributed by atoms with van der Waals surface area (Å²) in [6.45, 7) is 2.19. The molecule has 3 rings (SSSR count). The molecule has 1 saturated carbocycles. The van der Waals surface area contributed by atoms with Gasteiger partial charge in [-0.2, -0.15) is 0 Å². The highest BCUT2D eigenvalue weighted by molar-refractivity contribution is 5.34. The van der Waals surface area contributed by atoms with Gasteiger partial charge in [0.25, 0.3) is 0 Å². The third-order valence-corrected chi connectivity index (χ3v) is 3.52. The fourth-order valence-corrected chi connectivity index (χ4v) is 2.38. The largest absolute Gasteiger partial charge is 0.469 e. The Morgan fingerprint density at radius 2 is 1.94 bits per heavy atom. The zero-order chi connectivity index (χ0) is 11.0. The maximum Gasteiger partial charge on any atom is 0.107 e. The van der Waals surface area contributed by atoms with Crippen molar-refractivity contribution in [2.45, 2.75) is 31.6 Å². The van der Waals surface area contributed by atoms with E-state index in [0.29, 0.717) is 11.8 Å². The van der Waals surface area contributed by atoms with Gasteiger partial charge in [0.05, 0.1) is 6.26 Å². The molecule has 0 N–H and O–H groups in total. The number of aryl methyl sites for hydroxylation is 1. The second-order valence-electron chi connectivity index (χ2n) is 4.56. The van der Waals surface area contributed by atoms with E-state index in [1.165, 1.54) is 17.5 Å². The second kappa shape index (κ2) is 3.82.